The molecule has 0 aromatic heterocycles. The van der Waals surface area contributed by atoms with Gasteiger partial charge in [0.15, 0.2) is 5.78 Å². The molecule has 0 heterocycles. The Kier molecular flexibility index (Phi) is 7.42. The van der Waals surface area contributed by atoms with Gasteiger partial charge in [0.25, 0.3) is 0 Å². The van der Waals surface area contributed by atoms with Crippen molar-refractivity contribution >= 4 is 35.0 Å². The third-order valence-electron chi connectivity index (χ3n) is 3.34. The van der Waals surface area contributed by atoms with Gasteiger partial charge >= 0.3 is 35.5 Å². The van der Waals surface area contributed by atoms with Crippen LogP contribution in [0.2, 0.25) is 10.0 Å². The first-order valence-corrected chi connectivity index (χ1v) is 7.23. The van der Waals surface area contributed by atoms with Gasteiger partial charge in [0.2, 0.25) is 0 Å². The monoisotopic (exact) mass is 350 g/mol. The molecular weight excluding hydrogens is 338 g/mol. The second-order valence-corrected chi connectivity index (χ2v) is 5.50. The molecule has 0 fully saturated rings. The van der Waals surface area contributed by atoms with Crippen molar-refractivity contribution in [3.63, 3.8) is 0 Å². The van der Waals surface area contributed by atoms with Crippen molar-refractivity contribution in [1.29, 1.82) is 0 Å². The van der Waals surface area contributed by atoms with Gasteiger partial charge in [0, 0.05) is 22.4 Å². The van der Waals surface area contributed by atoms with E-state index in [1.807, 2.05) is 0 Å². The van der Waals surface area contributed by atoms with Gasteiger partial charge in [-0.25, -0.2) is 0 Å². The fourth-order valence-electron chi connectivity index (χ4n) is 2.49. The van der Waals surface area contributed by atoms with E-state index in [0.717, 1.165) is 6.08 Å². The molecule has 2 unspecified atom stereocenters. The molecule has 0 amide bonds. The molecule has 7 heteroatoms. The Morgan fingerprint density at radius 2 is 1.95 bits per heavy atom. The molecule has 2 atom stereocenters. The third kappa shape index (κ3) is 4.06. The summed E-state index contributed by atoms with van der Waals surface area (Å²) in [6.45, 7) is 1.80. The second kappa shape index (κ2) is 8.37. The number of allylic oxidation sites excluding steroid dienone is 1. The average Bonchev–Trinajstić information content (AvgIpc) is 2.37. The Morgan fingerprint density at radius 3 is 2.50 bits per heavy atom. The van der Waals surface area contributed by atoms with E-state index in [2.05, 4.69) is 0 Å². The van der Waals surface area contributed by atoms with Crippen LogP contribution in [0.25, 0.3) is 0 Å². The zero-order chi connectivity index (χ0) is 15.6. The molecule has 1 aromatic carbocycles. The molecule has 0 saturated carbocycles. The minimum absolute atomic E-state index is 0. The zero-order valence-electron chi connectivity index (χ0n) is 12.3. The largest absolute Gasteiger partial charge is 1.00 e. The maximum Gasteiger partial charge on any atom is 1.00 e. The zero-order valence-corrected chi connectivity index (χ0v) is 15.8. The van der Waals surface area contributed by atoms with Crippen LogP contribution in [0, 0.1) is 5.92 Å². The van der Waals surface area contributed by atoms with Crippen molar-refractivity contribution in [2.75, 3.05) is 6.61 Å². The van der Waals surface area contributed by atoms with E-state index < -0.39 is 23.6 Å². The Balaban J connectivity index is 0.00000242. The predicted octanol–water partition coefficient (Wildman–Crippen LogP) is -0.523. The van der Waals surface area contributed by atoms with Gasteiger partial charge in [-0.1, -0.05) is 29.3 Å². The van der Waals surface area contributed by atoms with Crippen LogP contribution >= 0.6 is 23.2 Å². The Morgan fingerprint density at radius 1 is 1.36 bits per heavy atom. The molecule has 1 aliphatic carbocycles. The van der Waals surface area contributed by atoms with Crippen molar-refractivity contribution in [1.82, 2.24) is 0 Å². The summed E-state index contributed by atoms with van der Waals surface area (Å²) >= 11 is 12.3. The molecule has 0 saturated heterocycles. The average molecular weight is 351 g/mol. The van der Waals surface area contributed by atoms with Gasteiger partial charge in [-0.3, -0.25) is 9.59 Å². The summed E-state index contributed by atoms with van der Waals surface area (Å²) in [6.07, 6.45) is 0.946. The van der Waals surface area contributed by atoms with E-state index in [4.69, 9.17) is 27.9 Å². The molecule has 2 rings (SSSR count). The Labute approximate surface area is 160 Å². The van der Waals surface area contributed by atoms with Gasteiger partial charge in [-0.2, -0.15) is 0 Å². The number of esters is 1. The topological polar surface area (TPSA) is 66.4 Å². The normalized spacial score (nSPS) is 20.9. The Hall–Kier alpha value is -0.520. The first kappa shape index (κ1) is 19.5. The number of carbonyl (C=O) groups excluding carboxylic acids is 2. The standard InChI is InChI=1S/C15H14Cl2O4.Na/c1-2-21-15(20)14-9(6-8(18)7-12(14)19)13-10(16)4-3-5-11(13)17;/h3-5,7,9,14,19H,2,6H2,1H3;/q;+1/p-1. The van der Waals surface area contributed by atoms with E-state index in [-0.39, 0.29) is 48.4 Å². The van der Waals surface area contributed by atoms with Crippen molar-refractivity contribution in [2.45, 2.75) is 19.3 Å². The van der Waals surface area contributed by atoms with Crippen molar-refractivity contribution < 1.29 is 49.0 Å². The quantitative estimate of drug-likeness (QED) is 0.543. The minimum Gasteiger partial charge on any atom is -0.875 e. The van der Waals surface area contributed by atoms with Gasteiger partial charge in [-0.05, 0) is 30.7 Å². The maximum absolute atomic E-state index is 12.1. The summed E-state index contributed by atoms with van der Waals surface area (Å²) in [5, 5.41) is 12.7. The van der Waals surface area contributed by atoms with E-state index in [1.165, 1.54) is 0 Å². The van der Waals surface area contributed by atoms with E-state index in [1.54, 1.807) is 25.1 Å². The van der Waals surface area contributed by atoms with Gasteiger partial charge in [-0.15, -0.1) is 5.76 Å². The van der Waals surface area contributed by atoms with Crippen molar-refractivity contribution in [2.24, 2.45) is 5.92 Å². The van der Waals surface area contributed by atoms with E-state index in [0.29, 0.717) is 15.6 Å². The van der Waals surface area contributed by atoms with Crippen LogP contribution in [0.5, 0.6) is 0 Å². The fraction of sp³-hybridized carbons (Fsp3) is 0.333. The summed E-state index contributed by atoms with van der Waals surface area (Å²) in [5.41, 5.74) is 0.439. The molecule has 4 nitrogen and oxygen atoms in total. The minimum atomic E-state index is -1.08. The second-order valence-electron chi connectivity index (χ2n) is 4.69. The first-order chi connectivity index (χ1) is 9.95. The summed E-state index contributed by atoms with van der Waals surface area (Å²) < 4.78 is 4.94. The predicted molar refractivity (Wildman–Crippen MR) is 77.0 cm³/mol. The van der Waals surface area contributed by atoms with Gasteiger partial charge in [0.05, 0.1) is 12.5 Å². The summed E-state index contributed by atoms with van der Waals surface area (Å²) in [4.78, 5) is 23.8. The number of ketones is 1. The molecule has 0 bridgehead atoms. The summed E-state index contributed by atoms with van der Waals surface area (Å²) in [6, 6.07) is 4.88. The number of carbonyl (C=O) groups is 2. The van der Waals surface area contributed by atoms with Gasteiger partial charge in [0.1, 0.15) is 0 Å². The summed E-state index contributed by atoms with van der Waals surface area (Å²) in [7, 11) is 0. The number of hydrogen-bond donors (Lipinski definition) is 0. The molecule has 0 N–H and O–H groups in total. The smallest absolute Gasteiger partial charge is 0.875 e. The van der Waals surface area contributed by atoms with Crippen LogP contribution < -0.4 is 34.7 Å². The first-order valence-electron chi connectivity index (χ1n) is 6.47. The van der Waals surface area contributed by atoms with Crippen LogP contribution in [0.1, 0.15) is 24.8 Å². The molecule has 112 valence electrons. The molecule has 0 radical (unpaired) electrons. The van der Waals surface area contributed by atoms with Crippen molar-refractivity contribution in [3.05, 3.63) is 45.6 Å². The van der Waals surface area contributed by atoms with E-state index >= 15 is 0 Å². The fourth-order valence-corrected chi connectivity index (χ4v) is 3.16. The van der Waals surface area contributed by atoms with Crippen LogP contribution in [-0.2, 0) is 14.3 Å². The molecule has 0 aliphatic heterocycles. The van der Waals surface area contributed by atoms with Gasteiger partial charge < -0.3 is 9.84 Å². The molecular formula is C15H13Cl2NaO4. The van der Waals surface area contributed by atoms with Crippen LogP contribution in [-0.4, -0.2) is 18.4 Å². The Bertz CT molecular complexity index is 595. The molecule has 1 aliphatic rings. The molecule has 1 aromatic rings. The van der Waals surface area contributed by atoms with Crippen LogP contribution in [0.4, 0.5) is 0 Å². The number of hydrogen-bond acceptors (Lipinski definition) is 4. The summed E-state index contributed by atoms with van der Waals surface area (Å²) in [5.74, 6) is -3.35. The SMILES string of the molecule is CCOC(=O)C1C([O-])=CC(=O)CC1c1c(Cl)cccc1Cl.[Na+]. The van der Waals surface area contributed by atoms with Crippen molar-refractivity contribution in [3.8, 4) is 0 Å². The maximum atomic E-state index is 12.1. The van der Waals surface area contributed by atoms with Crippen LogP contribution in [0.15, 0.2) is 30.0 Å². The molecule has 22 heavy (non-hydrogen) atoms. The van der Waals surface area contributed by atoms with Crippen LogP contribution in [0.3, 0.4) is 0 Å². The number of ether oxygens (including phenoxy) is 1. The van der Waals surface area contributed by atoms with E-state index in [9.17, 15) is 14.7 Å². The molecule has 0 spiro atoms. The number of benzene rings is 1. The number of rotatable bonds is 3. The number of halogens is 2. The third-order valence-corrected chi connectivity index (χ3v) is 4.00.